The standard InChI is InChI=1S/C93H144ClN23O21S2.CH4/c1-8-9-27-63-89(135)114-41-19-31-70(114)86(132)101-54(6)77(123)112-68(50-118)84(130)110-66(48-56-23-11-10-12-24-56)83(129)113-69(85(131)108-64(29-14-16-39-96)90(136)117-44-22-34-73(117)91(137)115-42-20-32-71(115)87(133)103-59(76(97)122)35-36-74(120)121)51-140-139-45-37-62(80(126)109-65(46-52(2)3)81(127)105-61(30-18-40-100-93(98)99)78(124)104-60(79(125)107-63)28-13-15-38-95)106-82(128)67(49-57-25-17-26-58(94)47-57)111-88(134)72-33-21-43-116(72)92(138)75(53(4)5)102-55(7)119;/h10-12,17,23-26,47,52-54,59-73,75,118H,8-9,13-16,18-22,27-46,48-51,95-96H2,1-7H3,(H2,97,122)(H,101,132)(H,102,119)(H,103,133)(H,104,124)(H,105,127)(H,106,128)(H,107,125)(H,108,131)(H,109,126)(H,110,130)(H,111,134)(H,112,123)(H,113,129)(H,120,121)(H4,98,99,100);1H4/t54-,59-,60-,61-,62-,63-,64-,65-,66-,67-,68-,69?,70-,71-,72-,73-,75-;/m0./s1. The Bertz CT molecular complexity index is 4630. The molecule has 25 N–H and O–H groups in total. The number of rotatable bonds is 39. The number of benzene rings is 2. The fourth-order valence-corrected chi connectivity index (χ4v) is 19.9. The highest BCUT2D eigenvalue weighted by Gasteiger charge is 2.48. The van der Waals surface area contributed by atoms with Crippen molar-refractivity contribution >= 4 is 151 Å². The van der Waals surface area contributed by atoms with Gasteiger partial charge in [0.05, 0.1) is 6.61 Å². The number of aliphatic hydroxyl groups is 1. The van der Waals surface area contributed by atoms with Crippen LogP contribution in [0.4, 0.5) is 0 Å². The van der Waals surface area contributed by atoms with Crippen LogP contribution in [0, 0.1) is 17.2 Å². The Morgan fingerprint density at radius 3 is 1.70 bits per heavy atom. The number of primary amides is 1. The lowest BCUT2D eigenvalue weighted by atomic mass is 10.0. The number of carboxylic acids is 1. The number of guanidine groups is 1. The molecule has 5 fully saturated rings. The summed E-state index contributed by atoms with van der Waals surface area (Å²) in [5, 5.41) is 66.3. The van der Waals surface area contributed by atoms with Gasteiger partial charge in [0.2, 0.25) is 106 Å². The SMILES string of the molecule is C.CCCC[C@@H]1NC(=O)[C@H](CCCCN)NC(=O)[C@H](CCCNC(=N)N)NC(=O)[C@H](CC(C)C)NC(=O)[C@@H](NC(=O)[C@H](Cc2cccc(Cl)c2)NC(=O)[C@@H]2CCCN2C(=O)[C@@H](NC(C)=O)C(C)C)CCSSCC(C(=O)N[C@@H](CCCCN)C(=O)N2CCC[C@H]2C(=O)N2CCC[C@H]2C(=O)N[C@@H](CCC(=O)O)C(N)=O)NC(=O)[C@H](Cc2ccccc2)NC(=O)[C@H](CO)NC(=O)[C@H](C)NC(=O)[C@@H]2CCCN2C1=O. The molecule has 47 heteroatoms. The molecule has 5 heterocycles. The average molecular weight is 2040 g/mol. The van der Waals surface area contributed by atoms with Crippen LogP contribution < -0.4 is 97.4 Å². The lowest BCUT2D eigenvalue weighted by Gasteiger charge is -2.33. The summed E-state index contributed by atoms with van der Waals surface area (Å²) in [4.78, 5) is 281. The Kier molecular flexibility index (Phi) is 50.4. The predicted molar refractivity (Wildman–Crippen MR) is 529 cm³/mol. The molecule has 0 bridgehead atoms. The molecule has 0 aliphatic carbocycles. The Hall–Kier alpha value is -11.5. The van der Waals surface area contributed by atoms with Crippen LogP contribution in [-0.2, 0) is 104 Å². The zero-order valence-electron chi connectivity index (χ0n) is 80.9. The maximum Gasteiger partial charge on any atom is 0.303 e. The lowest BCUT2D eigenvalue weighted by Crippen LogP contribution is -2.61. The van der Waals surface area contributed by atoms with Gasteiger partial charge in [-0.25, -0.2) is 0 Å². The van der Waals surface area contributed by atoms with Crippen molar-refractivity contribution in [3.63, 3.8) is 0 Å². The number of nitrogens with two attached hydrogens (primary N) is 4. The average Bonchev–Trinajstić information content (AvgIpc) is 1.67. The number of fused-ring (bicyclic) bond motifs is 1. The number of unbranched alkanes of at least 4 members (excludes halogenated alkanes) is 3. The summed E-state index contributed by atoms with van der Waals surface area (Å²) in [7, 11) is 1.93. The molecule has 5 aliphatic heterocycles. The Morgan fingerprint density at radius 2 is 1.10 bits per heavy atom. The fraction of sp³-hybridized carbons (Fsp3) is 0.660. The van der Waals surface area contributed by atoms with Crippen molar-refractivity contribution < 1.29 is 101 Å². The normalized spacial score (nSPS) is 23.9. The van der Waals surface area contributed by atoms with Crippen LogP contribution in [0.1, 0.15) is 215 Å². The van der Waals surface area contributed by atoms with E-state index < -0.39 is 252 Å². The van der Waals surface area contributed by atoms with Crippen LogP contribution in [0.2, 0.25) is 5.02 Å². The molecular weight excluding hydrogens is 1890 g/mol. The number of carboxylic acid groups (broad SMARTS) is 1. The third-order valence-electron chi connectivity index (χ3n) is 25.0. The van der Waals surface area contributed by atoms with Crippen LogP contribution >= 0.6 is 33.2 Å². The number of amides is 18. The van der Waals surface area contributed by atoms with E-state index in [0.29, 0.717) is 56.1 Å². The van der Waals surface area contributed by atoms with E-state index in [1.807, 2.05) is 6.92 Å². The molecule has 18 amide bonds. The summed E-state index contributed by atoms with van der Waals surface area (Å²) in [5.74, 6) is -18.2. The van der Waals surface area contributed by atoms with E-state index in [0.717, 1.165) is 21.6 Å². The van der Waals surface area contributed by atoms with Crippen LogP contribution in [0.25, 0.3) is 0 Å². The highest BCUT2D eigenvalue weighted by Crippen LogP contribution is 2.30. The van der Waals surface area contributed by atoms with E-state index in [-0.39, 0.29) is 173 Å². The second kappa shape index (κ2) is 60.1. The number of hydrogen-bond donors (Lipinski definition) is 21. The van der Waals surface area contributed by atoms with E-state index >= 15 is 33.6 Å². The van der Waals surface area contributed by atoms with Gasteiger partial charge in [-0.3, -0.25) is 96.5 Å². The van der Waals surface area contributed by atoms with Gasteiger partial charge in [0.25, 0.3) is 0 Å². The number of hydrogen-bond acceptors (Lipinski definition) is 25. The predicted octanol–water partition coefficient (Wildman–Crippen LogP) is -1.39. The molecule has 2 aromatic rings. The van der Waals surface area contributed by atoms with E-state index in [1.165, 1.54) is 33.4 Å². The first-order valence-corrected chi connectivity index (χ1v) is 51.3. The van der Waals surface area contributed by atoms with Gasteiger partial charge >= 0.3 is 5.97 Å². The van der Waals surface area contributed by atoms with Crippen molar-refractivity contribution in [2.24, 2.45) is 34.8 Å². The molecule has 141 heavy (non-hydrogen) atoms. The Balaban J connectivity index is 0.0000305. The van der Waals surface area contributed by atoms with Crippen molar-refractivity contribution in [2.45, 2.75) is 319 Å². The van der Waals surface area contributed by atoms with Gasteiger partial charge in [0, 0.05) is 75.4 Å². The topological polar surface area (TPSA) is 674 Å². The number of carbonyl (C=O) groups is 19. The van der Waals surface area contributed by atoms with Gasteiger partial charge in [0.15, 0.2) is 5.96 Å². The molecule has 0 radical (unpaired) electrons. The molecule has 2 aromatic carbocycles. The van der Waals surface area contributed by atoms with Gasteiger partial charge in [0.1, 0.15) is 103 Å². The number of halogens is 1. The summed E-state index contributed by atoms with van der Waals surface area (Å²) in [6.45, 7) is 10.8. The highest BCUT2D eigenvalue weighted by atomic mass is 35.5. The third kappa shape index (κ3) is 37.4. The summed E-state index contributed by atoms with van der Waals surface area (Å²) in [6, 6.07) is -9.66. The Labute approximate surface area is 836 Å². The van der Waals surface area contributed by atoms with Gasteiger partial charge in [-0.2, -0.15) is 0 Å². The molecule has 17 atom stereocenters. The van der Waals surface area contributed by atoms with Crippen molar-refractivity contribution in [1.82, 2.24) is 94.0 Å². The maximum absolute atomic E-state index is 15.7. The first kappa shape index (κ1) is 118. The van der Waals surface area contributed by atoms with Gasteiger partial charge in [-0.1, -0.05) is 131 Å². The smallest absolute Gasteiger partial charge is 0.303 e. The van der Waals surface area contributed by atoms with Crippen molar-refractivity contribution in [3.05, 3.63) is 70.7 Å². The second-order valence-corrected chi connectivity index (χ2v) is 39.9. The summed E-state index contributed by atoms with van der Waals surface area (Å²) in [5.41, 5.74) is 24.1. The van der Waals surface area contributed by atoms with Crippen molar-refractivity contribution in [3.8, 4) is 0 Å². The lowest BCUT2D eigenvalue weighted by molar-refractivity contribution is -0.148. The number of aliphatic hydroxyl groups excluding tert-OH is 1. The summed E-state index contributed by atoms with van der Waals surface area (Å²) >= 11 is 6.54. The first-order valence-electron chi connectivity index (χ1n) is 48.5. The summed E-state index contributed by atoms with van der Waals surface area (Å²) < 4.78 is 0. The monoisotopic (exact) mass is 2030 g/mol. The Morgan fingerprint density at radius 1 is 0.553 bits per heavy atom. The molecule has 0 aromatic heterocycles. The zero-order valence-corrected chi connectivity index (χ0v) is 83.2. The number of carbonyl (C=O) groups excluding carboxylic acids is 18. The van der Waals surface area contributed by atoms with Crippen LogP contribution in [0.3, 0.4) is 0 Å². The fourth-order valence-electron chi connectivity index (χ4n) is 17.5. The minimum absolute atomic E-state index is 0. The van der Waals surface area contributed by atoms with Crippen molar-refractivity contribution in [1.29, 1.82) is 5.41 Å². The molecular formula is C94H148ClN23O21S2. The van der Waals surface area contributed by atoms with E-state index in [1.54, 1.807) is 82.3 Å². The summed E-state index contributed by atoms with van der Waals surface area (Å²) in [6.07, 6.45) is 1.79. The number of nitrogens with zero attached hydrogens (tertiary/aromatic N) is 4. The first-order chi connectivity index (χ1) is 66.7. The molecule has 7 rings (SSSR count). The van der Waals surface area contributed by atoms with E-state index in [9.17, 15) is 67.7 Å². The highest BCUT2D eigenvalue weighted by molar-refractivity contribution is 8.76. The molecule has 44 nitrogen and oxygen atoms in total. The molecule has 5 saturated heterocycles. The molecule has 5 aliphatic rings. The van der Waals surface area contributed by atoms with E-state index in [2.05, 4.69) is 74.4 Å². The van der Waals surface area contributed by atoms with Crippen molar-refractivity contribution in [2.75, 3.05) is 63.9 Å². The van der Waals surface area contributed by atoms with Crippen LogP contribution in [0.15, 0.2) is 54.6 Å². The molecule has 0 spiro atoms. The third-order valence-corrected chi connectivity index (χ3v) is 27.7. The number of likely N-dealkylation sites (tertiary alicyclic amines) is 3. The maximum atomic E-state index is 15.7. The molecule has 1 unspecified atom stereocenters. The van der Waals surface area contributed by atoms with Gasteiger partial charge in [-0.15, -0.1) is 0 Å². The van der Waals surface area contributed by atoms with E-state index in [4.69, 9.17) is 39.9 Å². The minimum Gasteiger partial charge on any atom is -0.481 e. The minimum atomic E-state index is -1.84. The molecule has 784 valence electrons. The zero-order chi connectivity index (χ0) is 103. The largest absolute Gasteiger partial charge is 0.481 e. The number of aliphatic carboxylic acids is 1. The quantitative estimate of drug-likeness (QED) is 0.0159. The van der Waals surface area contributed by atoms with Crippen LogP contribution in [0.5, 0.6) is 0 Å². The van der Waals surface area contributed by atoms with Crippen LogP contribution in [-0.4, -0.2) is 315 Å². The molecule has 0 saturated carbocycles. The van der Waals surface area contributed by atoms with Gasteiger partial charge < -0.3 is 127 Å². The second-order valence-electron chi connectivity index (χ2n) is 36.8. The number of nitrogens with one attached hydrogen (secondary N) is 15. The van der Waals surface area contributed by atoms with Gasteiger partial charge in [-0.05, 0) is 184 Å².